The Hall–Kier alpha value is -2.74. The molecule has 0 aromatic heterocycles. The molecule has 1 aliphatic carbocycles. The fourth-order valence-electron chi connectivity index (χ4n) is 4.13. The minimum absolute atomic E-state index is 0.395. The predicted octanol–water partition coefficient (Wildman–Crippen LogP) is 3.94. The first-order chi connectivity index (χ1) is 16.2. The van der Waals surface area contributed by atoms with Gasteiger partial charge in [0.25, 0.3) is 0 Å². The standard InChI is InChI=1S/C21H16F8N2O3S/c22-10-4-5-12(11(6-10)18-14(23)2-1-3-15(18)24)20(26)7-13(20)19(32)31-9-16(25)17(31)8-30-35(33,34)21(27,28)29/h1-6,13,16-17,30H,7-9H2/t13-,16+,17+,20+/m0/s1. The van der Waals surface area contributed by atoms with Crippen molar-refractivity contribution in [2.45, 2.75) is 29.8 Å². The fourth-order valence-corrected chi connectivity index (χ4v) is 4.68. The lowest BCUT2D eigenvalue weighted by Crippen LogP contribution is -2.65. The molecule has 0 bridgehead atoms. The third-order valence-electron chi connectivity index (χ3n) is 6.11. The molecule has 0 unspecified atom stereocenters. The smallest absolute Gasteiger partial charge is 0.332 e. The van der Waals surface area contributed by atoms with Gasteiger partial charge in [0.1, 0.15) is 29.3 Å². The number of amides is 1. The predicted molar refractivity (Wildman–Crippen MR) is 106 cm³/mol. The van der Waals surface area contributed by atoms with E-state index < -0.39 is 98.9 Å². The van der Waals surface area contributed by atoms with E-state index in [-0.39, 0.29) is 0 Å². The third kappa shape index (κ3) is 4.37. The van der Waals surface area contributed by atoms with E-state index in [1.54, 1.807) is 0 Å². The number of alkyl halides is 5. The molecule has 1 saturated carbocycles. The minimum Gasteiger partial charge on any atom is -0.332 e. The second-order valence-corrected chi connectivity index (χ2v) is 10.0. The number of likely N-dealkylation sites (tertiary alicyclic amines) is 1. The molecule has 5 nitrogen and oxygen atoms in total. The first-order valence-electron chi connectivity index (χ1n) is 10.1. The van der Waals surface area contributed by atoms with Crippen molar-refractivity contribution in [1.82, 2.24) is 9.62 Å². The summed E-state index contributed by atoms with van der Waals surface area (Å²) in [6.07, 6.45) is -2.38. The quantitative estimate of drug-likeness (QED) is 0.578. The number of carbonyl (C=O) groups is 1. The summed E-state index contributed by atoms with van der Waals surface area (Å²) in [4.78, 5) is 13.5. The highest BCUT2D eigenvalue weighted by Gasteiger charge is 2.64. The fraction of sp³-hybridized carbons (Fsp3) is 0.381. The molecule has 4 rings (SSSR count). The zero-order chi connectivity index (χ0) is 25.9. The molecule has 1 N–H and O–H groups in total. The van der Waals surface area contributed by atoms with Crippen molar-refractivity contribution in [2.24, 2.45) is 5.92 Å². The summed E-state index contributed by atoms with van der Waals surface area (Å²) in [6.45, 7) is -1.70. The number of nitrogens with one attached hydrogen (secondary N) is 1. The van der Waals surface area contributed by atoms with Gasteiger partial charge in [-0.25, -0.2) is 35.1 Å². The molecule has 1 saturated heterocycles. The zero-order valence-electron chi connectivity index (χ0n) is 17.4. The average Bonchev–Trinajstić information content (AvgIpc) is 3.43. The molecule has 0 spiro atoms. The summed E-state index contributed by atoms with van der Waals surface area (Å²) in [5.41, 5.74) is -9.76. The van der Waals surface area contributed by atoms with Gasteiger partial charge in [0, 0.05) is 13.0 Å². The van der Waals surface area contributed by atoms with E-state index in [0.29, 0.717) is 11.0 Å². The summed E-state index contributed by atoms with van der Waals surface area (Å²) >= 11 is 0. The molecule has 1 heterocycles. The molecule has 190 valence electrons. The molecule has 35 heavy (non-hydrogen) atoms. The normalized spacial score (nSPS) is 26.4. The van der Waals surface area contributed by atoms with Crippen molar-refractivity contribution in [3.05, 3.63) is 59.4 Å². The Morgan fingerprint density at radius 1 is 1.11 bits per heavy atom. The Morgan fingerprint density at radius 3 is 2.31 bits per heavy atom. The lowest BCUT2D eigenvalue weighted by Gasteiger charge is -2.44. The van der Waals surface area contributed by atoms with Gasteiger partial charge in [-0.3, -0.25) is 4.79 Å². The van der Waals surface area contributed by atoms with Crippen LogP contribution in [0.3, 0.4) is 0 Å². The SMILES string of the molecule is O=C([C@@H]1C[C@@]1(F)c1ccc(F)cc1-c1c(F)cccc1F)N1C[C@@H](F)[C@H]1CNS(=O)(=O)C(F)(F)F. The van der Waals surface area contributed by atoms with Gasteiger partial charge in [-0.05, 0) is 35.4 Å². The maximum absolute atomic E-state index is 15.8. The molecule has 1 amide bonds. The molecule has 1 aliphatic heterocycles. The van der Waals surface area contributed by atoms with E-state index in [1.165, 1.54) is 4.72 Å². The lowest BCUT2D eigenvalue weighted by atomic mass is 9.92. The summed E-state index contributed by atoms with van der Waals surface area (Å²) in [6, 6.07) is 3.64. The molecule has 0 radical (unpaired) electrons. The Balaban J connectivity index is 1.57. The second-order valence-electron chi connectivity index (χ2n) is 8.28. The van der Waals surface area contributed by atoms with E-state index in [0.717, 1.165) is 30.3 Å². The van der Waals surface area contributed by atoms with Gasteiger partial charge in [0.15, 0.2) is 0 Å². The van der Waals surface area contributed by atoms with Crippen molar-refractivity contribution in [3.63, 3.8) is 0 Å². The molecule has 2 fully saturated rings. The molecule has 2 aromatic carbocycles. The van der Waals surface area contributed by atoms with Crippen molar-refractivity contribution < 1.29 is 48.3 Å². The van der Waals surface area contributed by atoms with Crippen LogP contribution in [0.4, 0.5) is 35.1 Å². The highest BCUT2D eigenvalue weighted by Crippen LogP contribution is 2.59. The van der Waals surface area contributed by atoms with Crippen LogP contribution < -0.4 is 4.72 Å². The maximum Gasteiger partial charge on any atom is 0.511 e. The van der Waals surface area contributed by atoms with Gasteiger partial charge in [-0.15, -0.1) is 0 Å². The van der Waals surface area contributed by atoms with Crippen molar-refractivity contribution in [2.75, 3.05) is 13.1 Å². The van der Waals surface area contributed by atoms with Crippen LogP contribution in [-0.4, -0.2) is 50.0 Å². The number of hydrogen-bond acceptors (Lipinski definition) is 3. The Bertz CT molecular complexity index is 1270. The van der Waals surface area contributed by atoms with E-state index >= 15 is 4.39 Å². The van der Waals surface area contributed by atoms with Gasteiger partial charge in [-0.1, -0.05) is 12.1 Å². The van der Waals surface area contributed by atoms with Gasteiger partial charge >= 0.3 is 15.5 Å². The summed E-state index contributed by atoms with van der Waals surface area (Å²) < 4.78 is 133. The highest BCUT2D eigenvalue weighted by atomic mass is 32.2. The number of halogens is 8. The molecule has 14 heteroatoms. The van der Waals surface area contributed by atoms with Crippen molar-refractivity contribution >= 4 is 15.9 Å². The van der Waals surface area contributed by atoms with Crippen LogP contribution in [0.5, 0.6) is 0 Å². The summed E-state index contributed by atoms with van der Waals surface area (Å²) in [7, 11) is -5.80. The Labute approximate surface area is 193 Å². The Kier molecular flexibility index (Phi) is 6.11. The van der Waals surface area contributed by atoms with E-state index in [2.05, 4.69) is 0 Å². The second kappa shape index (κ2) is 8.43. The highest BCUT2D eigenvalue weighted by molar-refractivity contribution is 7.90. The summed E-state index contributed by atoms with van der Waals surface area (Å²) in [5.74, 6) is -5.68. The average molecular weight is 528 g/mol. The van der Waals surface area contributed by atoms with Crippen LogP contribution in [0.25, 0.3) is 11.1 Å². The van der Waals surface area contributed by atoms with Gasteiger partial charge in [0.05, 0.1) is 24.1 Å². The molecular weight excluding hydrogens is 512 g/mol. The number of hydrogen-bond donors (Lipinski definition) is 1. The van der Waals surface area contributed by atoms with E-state index in [4.69, 9.17) is 0 Å². The molecule has 4 atom stereocenters. The van der Waals surface area contributed by atoms with E-state index in [1.807, 2.05) is 0 Å². The topological polar surface area (TPSA) is 66.5 Å². The number of sulfonamides is 1. The first-order valence-corrected chi connectivity index (χ1v) is 11.6. The van der Waals surface area contributed by atoms with E-state index in [9.17, 15) is 43.9 Å². The first kappa shape index (κ1) is 25.4. The Morgan fingerprint density at radius 2 is 1.74 bits per heavy atom. The lowest BCUT2D eigenvalue weighted by molar-refractivity contribution is -0.147. The molecule has 2 aliphatic rings. The number of nitrogens with zero attached hydrogens (tertiary/aromatic N) is 1. The van der Waals surface area contributed by atoms with Crippen LogP contribution in [0.1, 0.15) is 12.0 Å². The number of rotatable bonds is 6. The third-order valence-corrected chi connectivity index (χ3v) is 7.27. The van der Waals surface area contributed by atoms with Gasteiger partial charge < -0.3 is 4.90 Å². The van der Waals surface area contributed by atoms with Crippen molar-refractivity contribution in [1.29, 1.82) is 0 Å². The molecular formula is C21H16F8N2O3S. The largest absolute Gasteiger partial charge is 0.511 e. The zero-order valence-corrected chi connectivity index (χ0v) is 18.2. The van der Waals surface area contributed by atoms with Crippen LogP contribution in [-0.2, 0) is 20.5 Å². The van der Waals surface area contributed by atoms with Crippen molar-refractivity contribution in [3.8, 4) is 11.1 Å². The van der Waals surface area contributed by atoms with Gasteiger partial charge in [-0.2, -0.15) is 13.2 Å². The van der Waals surface area contributed by atoms with Gasteiger partial charge in [0.2, 0.25) is 5.91 Å². The van der Waals surface area contributed by atoms with Crippen LogP contribution >= 0.6 is 0 Å². The molecule has 2 aromatic rings. The maximum atomic E-state index is 15.8. The number of carbonyl (C=O) groups excluding carboxylic acids is 1. The minimum atomic E-state index is -5.80. The summed E-state index contributed by atoms with van der Waals surface area (Å²) in [5, 5.41) is 0. The van der Waals surface area contributed by atoms with Crippen LogP contribution in [0, 0.1) is 23.4 Å². The monoisotopic (exact) mass is 528 g/mol. The van der Waals surface area contributed by atoms with Crippen LogP contribution in [0.15, 0.2) is 36.4 Å². The number of benzene rings is 2. The van der Waals surface area contributed by atoms with Crippen LogP contribution in [0.2, 0.25) is 0 Å².